The second-order valence-electron chi connectivity index (χ2n) is 5.20. The Balaban J connectivity index is 2.81. The zero-order valence-corrected chi connectivity index (χ0v) is 13.2. The number of nitrogens with two attached hydrogens (primary N) is 1. The topological polar surface area (TPSA) is 64.8 Å². The normalized spacial score (nSPS) is 13.7. The lowest BCUT2D eigenvalue weighted by molar-refractivity contribution is -0.137. The van der Waals surface area contributed by atoms with Crippen LogP contribution in [0.3, 0.4) is 0 Å². The van der Waals surface area contributed by atoms with E-state index in [9.17, 15) is 4.79 Å². The molecule has 0 spiro atoms. The maximum absolute atomic E-state index is 12.8. The van der Waals surface area contributed by atoms with Crippen molar-refractivity contribution in [2.45, 2.75) is 18.9 Å². The van der Waals surface area contributed by atoms with Gasteiger partial charge in [-0.3, -0.25) is 4.79 Å². The third kappa shape index (κ3) is 5.12. The van der Waals surface area contributed by atoms with Crippen molar-refractivity contribution in [1.82, 2.24) is 4.90 Å². The first-order valence-electron chi connectivity index (χ1n) is 7.15. The zero-order chi connectivity index (χ0) is 15.7. The van der Waals surface area contributed by atoms with Gasteiger partial charge in [0.15, 0.2) is 0 Å². The van der Waals surface area contributed by atoms with Gasteiger partial charge >= 0.3 is 0 Å². The number of ether oxygens (including phenoxy) is 2. The molecule has 5 nitrogen and oxygen atoms in total. The van der Waals surface area contributed by atoms with Crippen LogP contribution in [0.4, 0.5) is 0 Å². The van der Waals surface area contributed by atoms with Gasteiger partial charge in [0.05, 0.1) is 6.61 Å². The molecule has 1 aromatic carbocycles. The minimum Gasteiger partial charge on any atom is -0.385 e. The molecular weight excluding hydrogens is 268 g/mol. The molecular formula is C16H26N2O3. The molecule has 0 fully saturated rings. The summed E-state index contributed by atoms with van der Waals surface area (Å²) in [5, 5.41) is 0. The number of carbonyl (C=O) groups is 1. The first-order valence-corrected chi connectivity index (χ1v) is 7.15. The molecule has 1 atom stereocenters. The summed E-state index contributed by atoms with van der Waals surface area (Å²) in [6.07, 6.45) is 0.775. The van der Waals surface area contributed by atoms with Crippen molar-refractivity contribution in [2.24, 2.45) is 5.73 Å². The highest BCUT2D eigenvalue weighted by Crippen LogP contribution is 2.20. The fraction of sp³-hybridized carbons (Fsp3) is 0.562. The predicted molar refractivity (Wildman–Crippen MR) is 82.9 cm³/mol. The number of benzene rings is 1. The van der Waals surface area contributed by atoms with Crippen molar-refractivity contribution >= 4 is 5.91 Å². The molecule has 2 N–H and O–H groups in total. The van der Waals surface area contributed by atoms with Gasteiger partial charge < -0.3 is 20.1 Å². The summed E-state index contributed by atoms with van der Waals surface area (Å²) in [5.74, 6) is -0.0955. The lowest BCUT2D eigenvalue weighted by atomic mass is 9.91. The summed E-state index contributed by atoms with van der Waals surface area (Å²) in [5.41, 5.74) is 6.06. The second kappa shape index (κ2) is 8.77. The van der Waals surface area contributed by atoms with Gasteiger partial charge in [-0.2, -0.15) is 0 Å². The van der Waals surface area contributed by atoms with Crippen molar-refractivity contribution < 1.29 is 14.3 Å². The molecule has 0 saturated carbocycles. The number of hydrogen-bond donors (Lipinski definition) is 1. The Hall–Kier alpha value is -1.43. The van der Waals surface area contributed by atoms with Gasteiger partial charge in [-0.25, -0.2) is 0 Å². The molecule has 0 aromatic heterocycles. The van der Waals surface area contributed by atoms with Gasteiger partial charge in [0, 0.05) is 33.9 Å². The van der Waals surface area contributed by atoms with Crippen LogP contribution in [0.2, 0.25) is 0 Å². The maximum atomic E-state index is 12.8. The van der Waals surface area contributed by atoms with Crippen molar-refractivity contribution in [1.29, 1.82) is 0 Å². The summed E-state index contributed by atoms with van der Waals surface area (Å²) >= 11 is 0. The first-order chi connectivity index (χ1) is 10.0. The molecule has 21 heavy (non-hydrogen) atoms. The molecule has 0 aliphatic carbocycles. The zero-order valence-electron chi connectivity index (χ0n) is 13.2. The summed E-state index contributed by atoms with van der Waals surface area (Å²) in [6, 6.07) is 9.44. The van der Waals surface area contributed by atoms with Crippen LogP contribution in [0.25, 0.3) is 0 Å². The number of amides is 1. The Morgan fingerprint density at radius 1 is 1.14 bits per heavy atom. The molecule has 0 bridgehead atoms. The first kappa shape index (κ1) is 17.6. The SMILES string of the molecule is COCCCN(CCOC)C(=O)C(C)(N)c1ccccc1. The van der Waals surface area contributed by atoms with Crippen molar-refractivity contribution in [3.8, 4) is 0 Å². The van der Waals surface area contributed by atoms with Crippen molar-refractivity contribution in [2.75, 3.05) is 40.5 Å². The van der Waals surface area contributed by atoms with Crippen molar-refractivity contribution in [3.63, 3.8) is 0 Å². The molecule has 118 valence electrons. The van der Waals surface area contributed by atoms with E-state index in [1.807, 2.05) is 30.3 Å². The third-order valence-electron chi connectivity index (χ3n) is 3.45. The highest BCUT2D eigenvalue weighted by molar-refractivity contribution is 5.87. The molecule has 0 aliphatic rings. The number of rotatable bonds is 9. The Morgan fingerprint density at radius 2 is 1.76 bits per heavy atom. The predicted octanol–water partition coefficient (Wildman–Crippen LogP) is 1.37. The van der Waals surface area contributed by atoms with Crippen LogP contribution in [0.5, 0.6) is 0 Å². The number of hydrogen-bond acceptors (Lipinski definition) is 4. The third-order valence-corrected chi connectivity index (χ3v) is 3.45. The molecule has 1 rings (SSSR count). The van der Waals surface area contributed by atoms with Gasteiger partial charge in [-0.15, -0.1) is 0 Å². The minimum atomic E-state index is -1.04. The van der Waals surface area contributed by atoms with Gasteiger partial charge in [-0.05, 0) is 18.9 Å². The van der Waals surface area contributed by atoms with Crippen LogP contribution < -0.4 is 5.73 Å². The lowest BCUT2D eigenvalue weighted by Crippen LogP contribution is -2.52. The largest absolute Gasteiger partial charge is 0.385 e. The van der Waals surface area contributed by atoms with Crippen LogP contribution in [0.15, 0.2) is 30.3 Å². The second-order valence-corrected chi connectivity index (χ2v) is 5.20. The number of methoxy groups -OCH3 is 2. The molecule has 1 unspecified atom stereocenters. The summed E-state index contributed by atoms with van der Waals surface area (Å²) in [7, 11) is 3.27. The van der Waals surface area contributed by atoms with E-state index in [0.29, 0.717) is 26.3 Å². The van der Waals surface area contributed by atoms with Crippen molar-refractivity contribution in [3.05, 3.63) is 35.9 Å². The fourth-order valence-corrected chi connectivity index (χ4v) is 2.15. The van der Waals surface area contributed by atoms with Gasteiger partial charge in [0.1, 0.15) is 5.54 Å². The Kier molecular flexibility index (Phi) is 7.36. The van der Waals surface area contributed by atoms with E-state index < -0.39 is 5.54 Å². The van der Waals surface area contributed by atoms with Gasteiger partial charge in [0.2, 0.25) is 5.91 Å². The van der Waals surface area contributed by atoms with Crippen LogP contribution in [0, 0.1) is 0 Å². The highest BCUT2D eigenvalue weighted by atomic mass is 16.5. The maximum Gasteiger partial charge on any atom is 0.247 e. The van der Waals surface area contributed by atoms with E-state index in [2.05, 4.69) is 0 Å². The Labute approximate surface area is 127 Å². The van der Waals surface area contributed by atoms with E-state index in [0.717, 1.165) is 12.0 Å². The van der Waals surface area contributed by atoms with Crippen LogP contribution in [0.1, 0.15) is 18.9 Å². The molecule has 0 saturated heterocycles. The molecule has 1 aromatic rings. The number of nitrogens with zero attached hydrogens (tertiary/aromatic N) is 1. The summed E-state index contributed by atoms with van der Waals surface area (Å²) in [4.78, 5) is 14.5. The fourth-order valence-electron chi connectivity index (χ4n) is 2.15. The monoisotopic (exact) mass is 294 g/mol. The quantitative estimate of drug-likeness (QED) is 0.699. The highest BCUT2D eigenvalue weighted by Gasteiger charge is 2.34. The van der Waals surface area contributed by atoms with E-state index >= 15 is 0 Å². The molecule has 0 aliphatic heterocycles. The molecule has 0 heterocycles. The van der Waals surface area contributed by atoms with Gasteiger partial charge in [-0.1, -0.05) is 30.3 Å². The van der Waals surface area contributed by atoms with Crippen LogP contribution in [-0.4, -0.2) is 51.3 Å². The molecule has 1 amide bonds. The smallest absolute Gasteiger partial charge is 0.247 e. The minimum absolute atomic E-state index is 0.0955. The van der Waals surface area contributed by atoms with Crippen LogP contribution in [-0.2, 0) is 19.8 Å². The average Bonchev–Trinajstić information content (AvgIpc) is 2.51. The summed E-state index contributed by atoms with van der Waals surface area (Å²) in [6.45, 7) is 3.99. The Morgan fingerprint density at radius 3 is 2.33 bits per heavy atom. The standard InChI is InChI=1S/C16H26N2O3/c1-16(17,14-8-5-4-6-9-14)15(19)18(11-13-21-3)10-7-12-20-2/h4-6,8-9H,7,10-13,17H2,1-3H3. The molecule has 5 heteroatoms. The number of carbonyl (C=O) groups excluding carboxylic acids is 1. The lowest BCUT2D eigenvalue weighted by Gasteiger charge is -2.32. The van der Waals surface area contributed by atoms with Gasteiger partial charge in [0.25, 0.3) is 0 Å². The van der Waals surface area contributed by atoms with E-state index in [4.69, 9.17) is 15.2 Å². The van der Waals surface area contributed by atoms with E-state index in [1.165, 1.54) is 0 Å². The summed E-state index contributed by atoms with van der Waals surface area (Å²) < 4.78 is 10.1. The van der Waals surface area contributed by atoms with E-state index in [1.54, 1.807) is 26.0 Å². The average molecular weight is 294 g/mol. The Bertz CT molecular complexity index is 421. The van der Waals surface area contributed by atoms with E-state index in [-0.39, 0.29) is 5.91 Å². The molecule has 0 radical (unpaired) electrons. The van der Waals surface area contributed by atoms with Crippen LogP contribution >= 0.6 is 0 Å².